The number of rotatable bonds is 4. The van der Waals surface area contributed by atoms with Gasteiger partial charge in [0.1, 0.15) is 4.83 Å². The van der Waals surface area contributed by atoms with Crippen molar-refractivity contribution in [2.24, 2.45) is 0 Å². The number of aromatic nitrogens is 2. The Kier molecular flexibility index (Phi) is 5.22. The minimum atomic E-state index is -0.278. The summed E-state index contributed by atoms with van der Waals surface area (Å²) in [6.07, 6.45) is 1.54. The van der Waals surface area contributed by atoms with Crippen LogP contribution in [0.15, 0.2) is 59.7 Å². The third-order valence-corrected chi connectivity index (χ3v) is 6.35. The van der Waals surface area contributed by atoms with Crippen molar-refractivity contribution in [1.82, 2.24) is 9.55 Å². The van der Waals surface area contributed by atoms with Crippen LogP contribution in [0.5, 0.6) is 0 Å². The fourth-order valence-electron chi connectivity index (χ4n) is 3.13. The van der Waals surface area contributed by atoms with Gasteiger partial charge >= 0.3 is 0 Å². The molecular weight excluding hydrogens is 406 g/mol. The fourth-order valence-corrected chi connectivity index (χ4v) is 4.34. The molecule has 0 aliphatic rings. The van der Waals surface area contributed by atoms with Crippen LogP contribution in [0.1, 0.15) is 26.4 Å². The van der Waals surface area contributed by atoms with Crippen molar-refractivity contribution in [2.45, 2.75) is 20.4 Å². The molecule has 5 nitrogen and oxygen atoms in total. The SMILES string of the molecule is Cc1ccc(NC(=O)c2sc3ncn(Cc4ccccc4)c(=O)c3c2C)cc1Cl. The molecule has 4 rings (SSSR count). The molecule has 2 aromatic heterocycles. The first-order valence-corrected chi connectivity index (χ1v) is 10.2. The van der Waals surface area contributed by atoms with Gasteiger partial charge in [0.25, 0.3) is 11.5 Å². The largest absolute Gasteiger partial charge is 0.321 e. The Bertz CT molecular complexity index is 1280. The Morgan fingerprint density at radius 2 is 1.93 bits per heavy atom. The van der Waals surface area contributed by atoms with Gasteiger partial charge in [-0.05, 0) is 42.7 Å². The highest BCUT2D eigenvalue weighted by Crippen LogP contribution is 2.28. The number of carbonyl (C=O) groups excluding carboxylic acids is 1. The van der Waals surface area contributed by atoms with Gasteiger partial charge in [-0.1, -0.05) is 48.0 Å². The maximum absolute atomic E-state index is 13.0. The minimum absolute atomic E-state index is 0.148. The van der Waals surface area contributed by atoms with Gasteiger partial charge in [-0.3, -0.25) is 14.2 Å². The molecule has 1 N–H and O–H groups in total. The summed E-state index contributed by atoms with van der Waals surface area (Å²) in [7, 11) is 0. The van der Waals surface area contributed by atoms with Crippen LogP contribution in [-0.4, -0.2) is 15.5 Å². The quantitative estimate of drug-likeness (QED) is 0.500. The Hall–Kier alpha value is -2.96. The topological polar surface area (TPSA) is 64.0 Å². The van der Waals surface area contributed by atoms with Gasteiger partial charge in [0.05, 0.1) is 23.1 Å². The molecule has 0 aliphatic heterocycles. The highest BCUT2D eigenvalue weighted by Gasteiger charge is 2.20. The summed E-state index contributed by atoms with van der Waals surface area (Å²) in [6.45, 7) is 4.11. The van der Waals surface area contributed by atoms with Gasteiger partial charge in [0.15, 0.2) is 0 Å². The van der Waals surface area contributed by atoms with Gasteiger partial charge in [-0.25, -0.2) is 4.98 Å². The molecule has 0 aliphatic carbocycles. The van der Waals surface area contributed by atoms with Crippen LogP contribution in [0.3, 0.4) is 0 Å². The van der Waals surface area contributed by atoms with Crippen molar-refractivity contribution < 1.29 is 4.79 Å². The number of halogens is 1. The summed E-state index contributed by atoms with van der Waals surface area (Å²) in [5.41, 5.74) is 3.05. The summed E-state index contributed by atoms with van der Waals surface area (Å²) >= 11 is 7.36. The van der Waals surface area contributed by atoms with Crippen molar-refractivity contribution in [1.29, 1.82) is 0 Å². The van der Waals surface area contributed by atoms with E-state index < -0.39 is 0 Å². The van der Waals surface area contributed by atoms with E-state index in [1.807, 2.05) is 43.3 Å². The number of thiophene rings is 1. The Morgan fingerprint density at radius 3 is 2.66 bits per heavy atom. The molecule has 0 atom stereocenters. The van der Waals surface area contributed by atoms with Gasteiger partial charge in [-0.15, -0.1) is 11.3 Å². The zero-order chi connectivity index (χ0) is 20.5. The third-order valence-electron chi connectivity index (χ3n) is 4.75. The Labute approximate surface area is 176 Å². The number of hydrogen-bond donors (Lipinski definition) is 1. The summed E-state index contributed by atoms with van der Waals surface area (Å²) < 4.78 is 1.57. The predicted molar refractivity (Wildman–Crippen MR) is 118 cm³/mol. The highest BCUT2D eigenvalue weighted by molar-refractivity contribution is 7.20. The summed E-state index contributed by atoms with van der Waals surface area (Å²) in [5.74, 6) is -0.278. The first-order chi connectivity index (χ1) is 13.9. The maximum Gasteiger partial charge on any atom is 0.266 e. The lowest BCUT2D eigenvalue weighted by Crippen LogP contribution is -2.21. The molecule has 146 valence electrons. The Morgan fingerprint density at radius 1 is 1.17 bits per heavy atom. The van der Waals surface area contributed by atoms with Gasteiger partial charge in [0.2, 0.25) is 0 Å². The molecule has 0 unspecified atom stereocenters. The summed E-state index contributed by atoms with van der Waals surface area (Å²) in [4.78, 5) is 31.3. The van der Waals surface area contributed by atoms with E-state index in [4.69, 9.17) is 11.6 Å². The van der Waals surface area contributed by atoms with Crippen LogP contribution >= 0.6 is 22.9 Å². The van der Waals surface area contributed by atoms with Crippen molar-refractivity contribution in [3.63, 3.8) is 0 Å². The molecule has 2 aromatic carbocycles. The molecule has 0 bridgehead atoms. The van der Waals surface area contributed by atoms with E-state index in [-0.39, 0.29) is 11.5 Å². The molecule has 0 fully saturated rings. The minimum Gasteiger partial charge on any atom is -0.321 e. The van der Waals surface area contributed by atoms with Crippen molar-refractivity contribution >= 4 is 44.7 Å². The number of hydrogen-bond acceptors (Lipinski definition) is 4. The molecule has 0 spiro atoms. The lowest BCUT2D eigenvalue weighted by molar-refractivity contribution is 0.103. The predicted octanol–water partition coefficient (Wildman–Crippen LogP) is 5.03. The molecule has 7 heteroatoms. The highest BCUT2D eigenvalue weighted by atomic mass is 35.5. The number of fused-ring (bicyclic) bond motifs is 1. The van der Waals surface area contributed by atoms with E-state index in [0.717, 1.165) is 11.1 Å². The lowest BCUT2D eigenvalue weighted by atomic mass is 10.2. The van der Waals surface area contributed by atoms with E-state index in [9.17, 15) is 9.59 Å². The van der Waals surface area contributed by atoms with Crippen molar-refractivity contribution in [3.8, 4) is 0 Å². The average Bonchev–Trinajstić information content (AvgIpc) is 3.05. The fraction of sp³-hybridized carbons (Fsp3) is 0.136. The van der Waals surface area contributed by atoms with Crippen molar-refractivity contribution in [3.05, 3.63) is 91.8 Å². The van der Waals surface area contributed by atoms with Gasteiger partial charge in [-0.2, -0.15) is 0 Å². The zero-order valence-electron chi connectivity index (χ0n) is 15.9. The van der Waals surface area contributed by atoms with E-state index in [1.54, 1.807) is 23.6 Å². The van der Waals surface area contributed by atoms with Crippen molar-refractivity contribution in [2.75, 3.05) is 5.32 Å². The van der Waals surface area contributed by atoms with Crippen LogP contribution < -0.4 is 10.9 Å². The molecular formula is C22H18ClN3O2S. The normalized spacial score (nSPS) is 11.0. The second-order valence-electron chi connectivity index (χ2n) is 6.82. The lowest BCUT2D eigenvalue weighted by Gasteiger charge is -2.06. The van der Waals surface area contributed by atoms with E-state index in [2.05, 4.69) is 10.3 Å². The third kappa shape index (κ3) is 3.81. The molecule has 2 heterocycles. The maximum atomic E-state index is 13.0. The number of anilines is 1. The monoisotopic (exact) mass is 423 g/mol. The number of carbonyl (C=O) groups is 1. The molecule has 29 heavy (non-hydrogen) atoms. The second kappa shape index (κ2) is 7.81. The van der Waals surface area contributed by atoms with Gasteiger partial charge in [0, 0.05) is 10.7 Å². The van der Waals surface area contributed by atoms with E-state index >= 15 is 0 Å². The van der Waals surface area contributed by atoms with Gasteiger partial charge < -0.3 is 5.32 Å². The average molecular weight is 424 g/mol. The standard InChI is InChI=1S/C22H18ClN3O2S/c1-13-8-9-16(10-17(13)23)25-20(27)19-14(2)18-21(29-19)24-12-26(22(18)28)11-15-6-4-3-5-7-15/h3-10,12H,11H2,1-2H3,(H,25,27). The smallest absolute Gasteiger partial charge is 0.266 e. The first-order valence-electron chi connectivity index (χ1n) is 9.04. The second-order valence-corrected chi connectivity index (χ2v) is 8.22. The number of amides is 1. The molecule has 4 aromatic rings. The molecule has 1 amide bonds. The van der Waals surface area contributed by atoms with Crippen LogP contribution in [0.4, 0.5) is 5.69 Å². The van der Waals surface area contributed by atoms with Crippen LogP contribution in [-0.2, 0) is 6.54 Å². The molecule has 0 saturated heterocycles. The van der Waals surface area contributed by atoms with E-state index in [0.29, 0.717) is 37.9 Å². The zero-order valence-corrected chi connectivity index (χ0v) is 17.5. The van der Waals surface area contributed by atoms with E-state index in [1.165, 1.54) is 17.7 Å². The number of nitrogens with zero attached hydrogens (tertiary/aromatic N) is 2. The molecule has 0 radical (unpaired) electrons. The first kappa shape index (κ1) is 19.4. The summed E-state index contributed by atoms with van der Waals surface area (Å²) in [6, 6.07) is 15.1. The van der Waals surface area contributed by atoms with Crippen LogP contribution in [0, 0.1) is 13.8 Å². The van der Waals surface area contributed by atoms with Crippen LogP contribution in [0.2, 0.25) is 5.02 Å². The summed E-state index contributed by atoms with van der Waals surface area (Å²) in [5, 5.41) is 3.92. The van der Waals surface area contributed by atoms with Crippen LogP contribution in [0.25, 0.3) is 10.2 Å². The number of nitrogens with one attached hydrogen (secondary N) is 1. The molecule has 0 saturated carbocycles. The Balaban J connectivity index is 1.68. The number of aryl methyl sites for hydroxylation is 2. The number of benzene rings is 2.